The van der Waals surface area contributed by atoms with Gasteiger partial charge in [-0.15, -0.1) is 0 Å². The van der Waals surface area contributed by atoms with Gasteiger partial charge in [0.15, 0.2) is 0 Å². The number of anilines is 1. The van der Waals surface area contributed by atoms with Crippen LogP contribution in [0.1, 0.15) is 29.6 Å². The van der Waals surface area contributed by atoms with Crippen LogP contribution in [0, 0.1) is 0 Å². The molecule has 1 amide bonds. The van der Waals surface area contributed by atoms with E-state index in [1.165, 1.54) is 0 Å². The number of hydrogen-bond acceptors (Lipinski definition) is 4. The summed E-state index contributed by atoms with van der Waals surface area (Å²) in [6.07, 6.45) is 2.99. The van der Waals surface area contributed by atoms with E-state index >= 15 is 0 Å². The third kappa shape index (κ3) is 4.50. The van der Waals surface area contributed by atoms with E-state index in [-0.39, 0.29) is 6.42 Å². The number of pyridine rings is 1. The lowest BCUT2D eigenvalue weighted by Crippen LogP contribution is -2.16. The number of aromatic nitrogens is 1. The number of nitrogens with two attached hydrogens (primary N) is 1. The Morgan fingerprint density at radius 2 is 2.18 bits per heavy atom. The van der Waals surface area contributed by atoms with E-state index in [0.29, 0.717) is 30.8 Å². The van der Waals surface area contributed by atoms with Gasteiger partial charge in [-0.1, -0.05) is 0 Å². The minimum atomic E-state index is -0.805. The summed E-state index contributed by atoms with van der Waals surface area (Å²) in [5, 5.41) is 11.4. The minimum Gasteiger partial charge on any atom is -0.481 e. The van der Waals surface area contributed by atoms with Crippen molar-refractivity contribution in [3.63, 3.8) is 0 Å². The summed E-state index contributed by atoms with van der Waals surface area (Å²) in [6, 6.07) is 3.23. The van der Waals surface area contributed by atoms with Crippen LogP contribution in [0.4, 0.5) is 5.82 Å². The zero-order valence-electron chi connectivity index (χ0n) is 9.35. The molecule has 17 heavy (non-hydrogen) atoms. The van der Waals surface area contributed by atoms with Gasteiger partial charge in [-0.25, -0.2) is 4.98 Å². The second-order valence-electron chi connectivity index (χ2n) is 3.54. The van der Waals surface area contributed by atoms with Crippen molar-refractivity contribution >= 4 is 17.7 Å². The molecular weight excluding hydrogens is 222 g/mol. The van der Waals surface area contributed by atoms with Gasteiger partial charge in [0.1, 0.15) is 5.82 Å². The van der Waals surface area contributed by atoms with Crippen molar-refractivity contribution in [1.29, 1.82) is 0 Å². The summed E-state index contributed by atoms with van der Waals surface area (Å²) in [5.74, 6) is -0.901. The SMILES string of the molecule is NC(=O)c1cccnc1NCCCCC(=O)O. The number of unbranched alkanes of at least 4 members (excludes halogenated alkanes) is 1. The average Bonchev–Trinajstić information content (AvgIpc) is 2.28. The Bertz CT molecular complexity index is 407. The second kappa shape index (κ2) is 6.47. The molecule has 0 aliphatic rings. The van der Waals surface area contributed by atoms with Gasteiger partial charge in [0.25, 0.3) is 5.91 Å². The van der Waals surface area contributed by atoms with Crippen LogP contribution in [0.2, 0.25) is 0 Å². The van der Waals surface area contributed by atoms with Crippen molar-refractivity contribution in [3.05, 3.63) is 23.9 Å². The molecule has 0 aromatic carbocycles. The van der Waals surface area contributed by atoms with Crippen LogP contribution in [0.25, 0.3) is 0 Å². The van der Waals surface area contributed by atoms with Gasteiger partial charge in [0, 0.05) is 19.2 Å². The van der Waals surface area contributed by atoms with Crippen molar-refractivity contribution in [2.45, 2.75) is 19.3 Å². The summed E-state index contributed by atoms with van der Waals surface area (Å²) < 4.78 is 0. The quantitative estimate of drug-likeness (QED) is 0.609. The number of carboxylic acid groups (broad SMARTS) is 1. The molecule has 0 spiro atoms. The number of amides is 1. The summed E-state index contributed by atoms with van der Waals surface area (Å²) in [5.41, 5.74) is 5.53. The van der Waals surface area contributed by atoms with Gasteiger partial charge >= 0.3 is 5.97 Å². The van der Waals surface area contributed by atoms with E-state index in [0.717, 1.165) is 0 Å². The Hall–Kier alpha value is -2.11. The van der Waals surface area contributed by atoms with Crippen LogP contribution in [0.5, 0.6) is 0 Å². The number of carbonyl (C=O) groups is 2. The molecule has 0 bridgehead atoms. The first-order valence-electron chi connectivity index (χ1n) is 5.31. The maximum absolute atomic E-state index is 11.1. The molecular formula is C11H15N3O3. The predicted octanol–water partition coefficient (Wildman–Crippen LogP) is 0.847. The van der Waals surface area contributed by atoms with Crippen LogP contribution >= 0.6 is 0 Å². The van der Waals surface area contributed by atoms with Gasteiger partial charge in [-0.3, -0.25) is 9.59 Å². The normalized spacial score (nSPS) is 9.88. The fourth-order valence-electron chi connectivity index (χ4n) is 1.35. The van der Waals surface area contributed by atoms with E-state index < -0.39 is 11.9 Å². The number of carbonyl (C=O) groups excluding carboxylic acids is 1. The summed E-state index contributed by atoms with van der Waals surface area (Å²) >= 11 is 0. The number of aliphatic carboxylic acids is 1. The van der Waals surface area contributed by atoms with Crippen molar-refractivity contribution in [1.82, 2.24) is 4.98 Å². The van der Waals surface area contributed by atoms with Crippen LogP contribution in [-0.4, -0.2) is 28.5 Å². The molecule has 0 fully saturated rings. The number of carboxylic acids is 1. The number of nitrogens with one attached hydrogen (secondary N) is 1. The first-order valence-corrected chi connectivity index (χ1v) is 5.31. The molecule has 0 aliphatic carbocycles. The average molecular weight is 237 g/mol. The van der Waals surface area contributed by atoms with Gasteiger partial charge in [-0.2, -0.15) is 0 Å². The van der Waals surface area contributed by atoms with E-state index in [1.807, 2.05) is 0 Å². The Labute approximate surface area is 98.8 Å². The van der Waals surface area contributed by atoms with E-state index in [2.05, 4.69) is 10.3 Å². The Morgan fingerprint density at radius 1 is 1.41 bits per heavy atom. The van der Waals surface area contributed by atoms with Crippen molar-refractivity contribution in [2.75, 3.05) is 11.9 Å². The first-order chi connectivity index (χ1) is 8.11. The van der Waals surface area contributed by atoms with E-state index in [1.54, 1.807) is 18.3 Å². The zero-order valence-corrected chi connectivity index (χ0v) is 9.35. The molecule has 1 rings (SSSR count). The lowest BCUT2D eigenvalue weighted by molar-refractivity contribution is -0.137. The molecule has 0 aliphatic heterocycles. The van der Waals surface area contributed by atoms with Crippen molar-refractivity contribution in [2.24, 2.45) is 5.73 Å². The smallest absolute Gasteiger partial charge is 0.303 e. The van der Waals surface area contributed by atoms with Crippen molar-refractivity contribution in [3.8, 4) is 0 Å². The largest absolute Gasteiger partial charge is 0.481 e. The highest BCUT2D eigenvalue weighted by Crippen LogP contribution is 2.10. The zero-order chi connectivity index (χ0) is 12.7. The first kappa shape index (κ1) is 13.0. The molecule has 0 atom stereocenters. The summed E-state index contributed by atoms with van der Waals surface area (Å²) in [6.45, 7) is 0.560. The maximum atomic E-state index is 11.1. The van der Waals surface area contributed by atoms with Crippen LogP contribution in [0.15, 0.2) is 18.3 Å². The van der Waals surface area contributed by atoms with Crippen LogP contribution in [-0.2, 0) is 4.79 Å². The number of rotatable bonds is 7. The highest BCUT2D eigenvalue weighted by atomic mass is 16.4. The summed E-state index contributed by atoms with van der Waals surface area (Å²) in [7, 11) is 0. The van der Waals surface area contributed by atoms with Gasteiger partial charge < -0.3 is 16.2 Å². The van der Waals surface area contributed by atoms with Gasteiger partial charge in [-0.05, 0) is 25.0 Å². The van der Waals surface area contributed by atoms with E-state index in [4.69, 9.17) is 10.8 Å². The van der Waals surface area contributed by atoms with Crippen LogP contribution in [0.3, 0.4) is 0 Å². The molecule has 1 aromatic rings. The molecule has 92 valence electrons. The van der Waals surface area contributed by atoms with Crippen LogP contribution < -0.4 is 11.1 Å². The minimum absolute atomic E-state index is 0.145. The van der Waals surface area contributed by atoms with Crippen molar-refractivity contribution < 1.29 is 14.7 Å². The molecule has 4 N–H and O–H groups in total. The lowest BCUT2D eigenvalue weighted by atomic mass is 10.2. The molecule has 0 saturated carbocycles. The lowest BCUT2D eigenvalue weighted by Gasteiger charge is -2.07. The fraction of sp³-hybridized carbons (Fsp3) is 0.364. The summed E-state index contributed by atoms with van der Waals surface area (Å²) in [4.78, 5) is 25.4. The molecule has 1 aromatic heterocycles. The molecule has 6 nitrogen and oxygen atoms in total. The molecule has 1 heterocycles. The fourth-order valence-corrected chi connectivity index (χ4v) is 1.35. The van der Waals surface area contributed by atoms with E-state index in [9.17, 15) is 9.59 Å². The highest BCUT2D eigenvalue weighted by molar-refractivity contribution is 5.97. The number of hydrogen-bond donors (Lipinski definition) is 3. The molecule has 0 saturated heterocycles. The predicted molar refractivity (Wildman–Crippen MR) is 62.7 cm³/mol. The Morgan fingerprint density at radius 3 is 2.82 bits per heavy atom. The maximum Gasteiger partial charge on any atom is 0.303 e. The Kier molecular flexibility index (Phi) is 4.93. The van der Waals surface area contributed by atoms with Gasteiger partial charge in [0.05, 0.1) is 5.56 Å². The highest BCUT2D eigenvalue weighted by Gasteiger charge is 2.07. The topological polar surface area (TPSA) is 105 Å². The monoisotopic (exact) mass is 237 g/mol. The number of nitrogens with zero attached hydrogens (tertiary/aromatic N) is 1. The second-order valence-corrected chi connectivity index (χ2v) is 3.54. The molecule has 6 heteroatoms. The third-order valence-corrected chi connectivity index (χ3v) is 2.18. The standard InChI is InChI=1S/C11H15N3O3/c12-10(17)8-4-3-7-14-11(8)13-6-2-1-5-9(15)16/h3-4,7H,1-2,5-6H2,(H2,12,17)(H,13,14)(H,15,16). The molecule has 0 unspecified atom stereocenters. The molecule has 0 radical (unpaired) electrons. The van der Waals surface area contributed by atoms with Gasteiger partial charge in [0.2, 0.25) is 0 Å². The Balaban J connectivity index is 2.41. The number of primary amides is 1. The third-order valence-electron chi connectivity index (χ3n) is 2.18.